The SMILES string of the molecule is C[C@H](c1ccccc1)N(C)C(=O)/C=C\c1ccc(C#N)cc1. The number of amides is 1. The van der Waals surface area contributed by atoms with Gasteiger partial charge in [0.2, 0.25) is 5.91 Å². The van der Waals surface area contributed by atoms with E-state index in [1.807, 2.05) is 49.4 Å². The number of benzene rings is 2. The van der Waals surface area contributed by atoms with Crippen LogP contribution in [0.1, 0.15) is 29.7 Å². The van der Waals surface area contributed by atoms with Gasteiger partial charge < -0.3 is 4.90 Å². The lowest BCUT2D eigenvalue weighted by atomic mass is 10.1. The first kappa shape index (κ1) is 15.5. The summed E-state index contributed by atoms with van der Waals surface area (Å²) in [6, 6.07) is 19.1. The van der Waals surface area contributed by atoms with Gasteiger partial charge >= 0.3 is 0 Å². The van der Waals surface area contributed by atoms with Gasteiger partial charge in [-0.2, -0.15) is 5.26 Å². The summed E-state index contributed by atoms with van der Waals surface area (Å²) in [5, 5.41) is 8.76. The summed E-state index contributed by atoms with van der Waals surface area (Å²) in [6.07, 6.45) is 3.32. The molecule has 0 N–H and O–H groups in total. The molecule has 1 atom stereocenters. The number of carbonyl (C=O) groups excluding carboxylic acids is 1. The molecule has 0 aromatic heterocycles. The summed E-state index contributed by atoms with van der Waals surface area (Å²) in [7, 11) is 1.79. The molecule has 0 fully saturated rings. The maximum absolute atomic E-state index is 12.2. The first-order valence-electron chi connectivity index (χ1n) is 7.12. The van der Waals surface area contributed by atoms with E-state index in [0.29, 0.717) is 5.56 Å². The quantitative estimate of drug-likeness (QED) is 0.804. The second kappa shape index (κ2) is 7.24. The first-order chi connectivity index (χ1) is 10.6. The molecule has 0 unspecified atom stereocenters. The molecule has 3 nitrogen and oxygen atoms in total. The Hall–Kier alpha value is -2.86. The molecule has 0 saturated heterocycles. The highest BCUT2D eigenvalue weighted by Crippen LogP contribution is 2.18. The highest BCUT2D eigenvalue weighted by atomic mass is 16.2. The third-order valence-corrected chi connectivity index (χ3v) is 3.67. The third kappa shape index (κ3) is 3.83. The summed E-state index contributed by atoms with van der Waals surface area (Å²) in [4.78, 5) is 13.9. The minimum Gasteiger partial charge on any atom is -0.335 e. The average Bonchev–Trinajstić information content (AvgIpc) is 2.59. The largest absolute Gasteiger partial charge is 0.335 e. The number of rotatable bonds is 4. The maximum atomic E-state index is 12.2. The predicted octanol–water partition coefficient (Wildman–Crippen LogP) is 3.79. The van der Waals surface area contributed by atoms with Crippen LogP contribution in [0, 0.1) is 11.3 Å². The number of carbonyl (C=O) groups is 1. The number of hydrogen-bond donors (Lipinski definition) is 0. The lowest BCUT2D eigenvalue weighted by Crippen LogP contribution is -2.27. The van der Waals surface area contributed by atoms with E-state index in [0.717, 1.165) is 11.1 Å². The molecule has 3 heteroatoms. The molecule has 0 bridgehead atoms. The Balaban J connectivity index is 2.04. The third-order valence-electron chi connectivity index (χ3n) is 3.67. The van der Waals surface area contributed by atoms with Gasteiger partial charge in [0, 0.05) is 13.1 Å². The van der Waals surface area contributed by atoms with Crippen LogP contribution in [-0.4, -0.2) is 17.9 Å². The fraction of sp³-hybridized carbons (Fsp3) is 0.158. The van der Waals surface area contributed by atoms with E-state index in [2.05, 4.69) is 6.07 Å². The summed E-state index contributed by atoms with van der Waals surface area (Å²) in [5.74, 6) is -0.0549. The normalized spacial score (nSPS) is 11.9. The number of hydrogen-bond acceptors (Lipinski definition) is 2. The van der Waals surface area contributed by atoms with Gasteiger partial charge in [-0.25, -0.2) is 0 Å². The number of nitriles is 1. The molecule has 110 valence electrons. The monoisotopic (exact) mass is 290 g/mol. The van der Waals surface area contributed by atoms with Crippen LogP contribution in [0.2, 0.25) is 0 Å². The molecular formula is C19H18N2O. The van der Waals surface area contributed by atoms with Crippen molar-refractivity contribution in [2.24, 2.45) is 0 Å². The van der Waals surface area contributed by atoms with Crippen LogP contribution in [0.25, 0.3) is 6.08 Å². The Kier molecular flexibility index (Phi) is 5.11. The first-order valence-corrected chi connectivity index (χ1v) is 7.12. The van der Waals surface area contributed by atoms with Crippen molar-refractivity contribution < 1.29 is 4.79 Å². The molecule has 0 aliphatic rings. The Morgan fingerprint density at radius 3 is 2.36 bits per heavy atom. The Labute approximate surface area is 131 Å². The van der Waals surface area contributed by atoms with Gasteiger partial charge in [0.1, 0.15) is 0 Å². The van der Waals surface area contributed by atoms with Crippen molar-refractivity contribution in [1.29, 1.82) is 5.26 Å². The van der Waals surface area contributed by atoms with Crippen LogP contribution in [-0.2, 0) is 4.79 Å². The molecule has 1 amide bonds. The zero-order valence-corrected chi connectivity index (χ0v) is 12.7. The van der Waals surface area contributed by atoms with Crippen LogP contribution < -0.4 is 0 Å². The summed E-state index contributed by atoms with van der Waals surface area (Å²) in [5.41, 5.74) is 2.61. The van der Waals surface area contributed by atoms with Crippen LogP contribution in [0.3, 0.4) is 0 Å². The van der Waals surface area contributed by atoms with Crippen molar-refractivity contribution in [3.05, 3.63) is 77.4 Å². The zero-order chi connectivity index (χ0) is 15.9. The molecule has 2 aromatic carbocycles. The van der Waals surface area contributed by atoms with Crippen molar-refractivity contribution in [2.45, 2.75) is 13.0 Å². The molecule has 22 heavy (non-hydrogen) atoms. The standard InChI is InChI=1S/C19H18N2O/c1-15(18-6-4-3-5-7-18)21(2)19(22)13-12-16-8-10-17(14-20)11-9-16/h3-13,15H,1-2H3/b13-12-/t15-/m1/s1. The second-order valence-electron chi connectivity index (χ2n) is 5.10. The van der Waals surface area contributed by atoms with Gasteiger partial charge in [0.15, 0.2) is 0 Å². The molecule has 0 radical (unpaired) electrons. The molecule has 0 heterocycles. The van der Waals surface area contributed by atoms with Crippen molar-refractivity contribution in [3.63, 3.8) is 0 Å². The van der Waals surface area contributed by atoms with E-state index < -0.39 is 0 Å². The molecule has 0 saturated carbocycles. The van der Waals surface area contributed by atoms with Gasteiger partial charge in [0.05, 0.1) is 17.7 Å². The molecule has 2 aromatic rings. The van der Waals surface area contributed by atoms with Gasteiger partial charge in [-0.15, -0.1) is 0 Å². The van der Waals surface area contributed by atoms with E-state index in [1.54, 1.807) is 36.2 Å². The van der Waals surface area contributed by atoms with Gasteiger partial charge in [0.25, 0.3) is 0 Å². The Morgan fingerprint density at radius 1 is 1.14 bits per heavy atom. The second-order valence-corrected chi connectivity index (χ2v) is 5.10. The van der Waals surface area contributed by atoms with E-state index >= 15 is 0 Å². The van der Waals surface area contributed by atoms with E-state index in [9.17, 15) is 4.79 Å². The number of nitrogens with zero attached hydrogens (tertiary/aromatic N) is 2. The lowest BCUT2D eigenvalue weighted by molar-refractivity contribution is -0.126. The van der Waals surface area contributed by atoms with Crippen LogP contribution in [0.4, 0.5) is 0 Å². The molecule has 2 rings (SSSR count). The smallest absolute Gasteiger partial charge is 0.246 e. The van der Waals surface area contributed by atoms with Gasteiger partial charge in [-0.1, -0.05) is 42.5 Å². The zero-order valence-electron chi connectivity index (χ0n) is 12.7. The fourth-order valence-corrected chi connectivity index (χ4v) is 2.10. The van der Waals surface area contributed by atoms with Gasteiger partial charge in [-0.3, -0.25) is 4.79 Å². The molecule has 0 spiro atoms. The number of likely N-dealkylation sites (N-methyl/N-ethyl adjacent to an activating group) is 1. The summed E-state index contributed by atoms with van der Waals surface area (Å²) >= 11 is 0. The Morgan fingerprint density at radius 2 is 1.77 bits per heavy atom. The fourth-order valence-electron chi connectivity index (χ4n) is 2.10. The van der Waals surface area contributed by atoms with Crippen molar-refractivity contribution in [1.82, 2.24) is 4.90 Å². The van der Waals surface area contributed by atoms with Crippen LogP contribution >= 0.6 is 0 Å². The van der Waals surface area contributed by atoms with Crippen LogP contribution in [0.5, 0.6) is 0 Å². The summed E-state index contributed by atoms with van der Waals surface area (Å²) < 4.78 is 0. The lowest BCUT2D eigenvalue weighted by Gasteiger charge is -2.24. The van der Waals surface area contributed by atoms with Crippen molar-refractivity contribution in [2.75, 3.05) is 7.05 Å². The maximum Gasteiger partial charge on any atom is 0.246 e. The highest BCUT2D eigenvalue weighted by Gasteiger charge is 2.14. The minimum absolute atomic E-state index is 0.0133. The predicted molar refractivity (Wildman–Crippen MR) is 87.8 cm³/mol. The topological polar surface area (TPSA) is 44.1 Å². The average molecular weight is 290 g/mol. The molecule has 0 aliphatic heterocycles. The van der Waals surface area contributed by atoms with E-state index in [4.69, 9.17) is 5.26 Å². The van der Waals surface area contributed by atoms with E-state index in [-0.39, 0.29) is 11.9 Å². The molecular weight excluding hydrogens is 272 g/mol. The van der Waals surface area contributed by atoms with Crippen molar-refractivity contribution in [3.8, 4) is 6.07 Å². The van der Waals surface area contributed by atoms with E-state index in [1.165, 1.54) is 0 Å². The van der Waals surface area contributed by atoms with Gasteiger partial charge in [-0.05, 0) is 36.3 Å². The highest BCUT2D eigenvalue weighted by molar-refractivity contribution is 5.91. The summed E-state index contributed by atoms with van der Waals surface area (Å²) in [6.45, 7) is 2.00. The van der Waals surface area contributed by atoms with Crippen LogP contribution in [0.15, 0.2) is 60.7 Å². The van der Waals surface area contributed by atoms with Crippen molar-refractivity contribution >= 4 is 12.0 Å². The Bertz CT molecular complexity index is 696. The minimum atomic E-state index is -0.0549. The molecule has 0 aliphatic carbocycles.